The quantitative estimate of drug-likeness (QED) is 0.260. The number of methoxy groups -OCH3 is 2. The lowest BCUT2D eigenvalue weighted by Gasteiger charge is -2.24. The molecule has 0 spiro atoms. The molecular weight excluding hydrogens is 488 g/mol. The van der Waals surface area contributed by atoms with Gasteiger partial charge in [0, 0.05) is 6.54 Å². The Morgan fingerprint density at radius 1 is 1.00 bits per heavy atom. The standard InChI is InChI=1S/C28H36N4O6/c1-37-23-13-10-20(15-24(23)38-2)16-25(33)32-28(29)31-22(14-18-6-4-3-5-7-18)26(34)30-17-19-8-11-21(12-9-19)27(35)36/h8-13,15,18,22H,3-7,14,16-17H2,1-2H3,(H,30,34)(H,35,36)(H3,29,31,32,33)/t22-/m1/s1. The monoisotopic (exact) mass is 524 g/mol. The number of aliphatic imine (C=N–C) groups is 1. The van der Waals surface area contributed by atoms with Crippen molar-refractivity contribution in [2.75, 3.05) is 14.2 Å². The number of carbonyl (C=O) groups is 3. The van der Waals surface area contributed by atoms with Gasteiger partial charge in [-0.3, -0.25) is 14.9 Å². The van der Waals surface area contributed by atoms with E-state index in [4.69, 9.17) is 20.3 Å². The lowest BCUT2D eigenvalue weighted by molar-refractivity contribution is -0.123. The molecule has 2 amide bonds. The number of carboxylic acids is 1. The van der Waals surface area contributed by atoms with E-state index in [2.05, 4.69) is 15.6 Å². The van der Waals surface area contributed by atoms with Crippen LogP contribution in [0.25, 0.3) is 0 Å². The second-order valence-electron chi connectivity index (χ2n) is 9.40. The maximum absolute atomic E-state index is 13.1. The number of amides is 2. The number of rotatable bonds is 11. The highest BCUT2D eigenvalue weighted by molar-refractivity contribution is 5.98. The molecule has 0 unspecified atom stereocenters. The van der Waals surface area contributed by atoms with Crippen molar-refractivity contribution in [3.05, 3.63) is 59.2 Å². The van der Waals surface area contributed by atoms with Crippen LogP contribution in [0.5, 0.6) is 11.5 Å². The number of ether oxygens (including phenoxy) is 2. The minimum Gasteiger partial charge on any atom is -0.493 e. The summed E-state index contributed by atoms with van der Waals surface area (Å²) < 4.78 is 10.5. The average Bonchev–Trinajstić information content (AvgIpc) is 2.91. The van der Waals surface area contributed by atoms with Crippen LogP contribution in [-0.4, -0.2) is 49.1 Å². The summed E-state index contributed by atoms with van der Waals surface area (Å²) in [6, 6.07) is 10.7. The summed E-state index contributed by atoms with van der Waals surface area (Å²) in [5.74, 6) is -0.353. The number of nitrogens with one attached hydrogen (secondary N) is 2. The number of hydrogen-bond acceptors (Lipinski definition) is 6. The van der Waals surface area contributed by atoms with E-state index in [0.29, 0.717) is 29.4 Å². The van der Waals surface area contributed by atoms with Crippen LogP contribution >= 0.6 is 0 Å². The number of carboxylic acid groups (broad SMARTS) is 1. The van der Waals surface area contributed by atoms with Gasteiger partial charge in [-0.25, -0.2) is 9.79 Å². The Hall–Kier alpha value is -4.08. The number of hydrogen-bond donors (Lipinski definition) is 4. The molecule has 2 aromatic rings. The van der Waals surface area contributed by atoms with Crippen molar-refractivity contribution in [2.24, 2.45) is 16.6 Å². The van der Waals surface area contributed by atoms with Crippen molar-refractivity contribution >= 4 is 23.7 Å². The Morgan fingerprint density at radius 3 is 2.29 bits per heavy atom. The first-order valence-electron chi connectivity index (χ1n) is 12.7. The molecule has 0 heterocycles. The third kappa shape index (κ3) is 8.50. The normalized spacial score (nSPS) is 14.8. The molecule has 5 N–H and O–H groups in total. The summed E-state index contributed by atoms with van der Waals surface area (Å²) in [5, 5.41) is 14.5. The van der Waals surface area contributed by atoms with Gasteiger partial charge in [-0.05, 0) is 47.7 Å². The first-order chi connectivity index (χ1) is 18.3. The predicted molar refractivity (Wildman–Crippen MR) is 143 cm³/mol. The minimum atomic E-state index is -1.01. The van der Waals surface area contributed by atoms with Crippen molar-refractivity contribution in [3.8, 4) is 11.5 Å². The topological polar surface area (TPSA) is 152 Å². The second-order valence-corrected chi connectivity index (χ2v) is 9.40. The molecule has 2 aromatic carbocycles. The van der Waals surface area contributed by atoms with Gasteiger partial charge in [-0.1, -0.05) is 50.3 Å². The Labute approximate surface area is 222 Å². The molecule has 1 aliphatic rings. The molecule has 10 heteroatoms. The van der Waals surface area contributed by atoms with E-state index in [1.807, 2.05) is 0 Å². The van der Waals surface area contributed by atoms with E-state index in [-0.39, 0.29) is 36.3 Å². The van der Waals surface area contributed by atoms with Gasteiger partial charge in [-0.2, -0.15) is 0 Å². The van der Waals surface area contributed by atoms with E-state index in [1.54, 1.807) is 30.3 Å². The lowest BCUT2D eigenvalue weighted by atomic mass is 9.84. The lowest BCUT2D eigenvalue weighted by Crippen LogP contribution is -2.42. The summed E-state index contributed by atoms with van der Waals surface area (Å²) in [6.45, 7) is 0.223. The van der Waals surface area contributed by atoms with Gasteiger partial charge < -0.3 is 25.6 Å². The Bertz CT molecular complexity index is 1140. The predicted octanol–water partition coefficient (Wildman–Crippen LogP) is 3.03. The van der Waals surface area contributed by atoms with Gasteiger partial charge in [-0.15, -0.1) is 0 Å². The molecular formula is C28H36N4O6. The Kier molecular flexibility index (Phi) is 10.5. The van der Waals surface area contributed by atoms with Crippen molar-refractivity contribution < 1.29 is 29.0 Å². The van der Waals surface area contributed by atoms with E-state index in [1.165, 1.54) is 32.8 Å². The number of nitrogens with zero attached hydrogens (tertiary/aromatic N) is 1. The summed E-state index contributed by atoms with van der Waals surface area (Å²) in [6.07, 6.45) is 6.07. The number of benzene rings is 2. The third-order valence-electron chi connectivity index (χ3n) is 6.63. The zero-order chi connectivity index (χ0) is 27.5. The van der Waals surface area contributed by atoms with E-state index >= 15 is 0 Å². The van der Waals surface area contributed by atoms with Crippen LogP contribution in [0.15, 0.2) is 47.5 Å². The second kappa shape index (κ2) is 14.0. The molecule has 0 aromatic heterocycles. The minimum absolute atomic E-state index is 0.0440. The average molecular weight is 525 g/mol. The number of guanidine groups is 1. The highest BCUT2D eigenvalue weighted by Crippen LogP contribution is 2.29. The maximum Gasteiger partial charge on any atom is 0.335 e. The van der Waals surface area contributed by atoms with Crippen LogP contribution in [0.2, 0.25) is 0 Å². The Morgan fingerprint density at radius 2 is 1.66 bits per heavy atom. The van der Waals surface area contributed by atoms with E-state index in [0.717, 1.165) is 31.2 Å². The number of carbonyl (C=O) groups excluding carboxylic acids is 2. The van der Waals surface area contributed by atoms with Crippen molar-refractivity contribution in [1.82, 2.24) is 10.6 Å². The molecule has 0 aliphatic heterocycles. The van der Waals surface area contributed by atoms with Crippen LogP contribution in [0.4, 0.5) is 0 Å². The smallest absolute Gasteiger partial charge is 0.335 e. The SMILES string of the molecule is COc1ccc(CC(=O)NC(N)=N[C@H](CC2CCCCC2)C(=O)NCc2ccc(C(=O)O)cc2)cc1OC. The summed E-state index contributed by atoms with van der Waals surface area (Å²) >= 11 is 0. The van der Waals surface area contributed by atoms with Crippen LogP contribution in [-0.2, 0) is 22.6 Å². The van der Waals surface area contributed by atoms with Gasteiger partial charge in [0.2, 0.25) is 11.8 Å². The zero-order valence-corrected chi connectivity index (χ0v) is 21.9. The fourth-order valence-electron chi connectivity index (χ4n) is 4.59. The Balaban J connectivity index is 1.65. The fourth-order valence-corrected chi connectivity index (χ4v) is 4.59. The molecule has 3 rings (SSSR count). The largest absolute Gasteiger partial charge is 0.493 e. The highest BCUT2D eigenvalue weighted by atomic mass is 16.5. The molecule has 1 aliphatic carbocycles. The van der Waals surface area contributed by atoms with Crippen molar-refractivity contribution in [3.63, 3.8) is 0 Å². The maximum atomic E-state index is 13.1. The molecule has 1 atom stereocenters. The van der Waals surface area contributed by atoms with Gasteiger partial charge >= 0.3 is 5.97 Å². The van der Waals surface area contributed by atoms with Crippen molar-refractivity contribution in [1.29, 1.82) is 0 Å². The van der Waals surface area contributed by atoms with Gasteiger partial charge in [0.1, 0.15) is 6.04 Å². The fraction of sp³-hybridized carbons (Fsp3) is 0.429. The van der Waals surface area contributed by atoms with Gasteiger partial charge in [0.25, 0.3) is 0 Å². The van der Waals surface area contributed by atoms with Gasteiger partial charge in [0.15, 0.2) is 17.5 Å². The molecule has 38 heavy (non-hydrogen) atoms. The van der Waals surface area contributed by atoms with Gasteiger partial charge in [0.05, 0.1) is 26.2 Å². The summed E-state index contributed by atoms with van der Waals surface area (Å²) in [5.41, 5.74) is 7.71. The third-order valence-corrected chi connectivity index (χ3v) is 6.63. The first kappa shape index (κ1) is 28.5. The highest BCUT2D eigenvalue weighted by Gasteiger charge is 2.24. The van der Waals surface area contributed by atoms with Crippen LogP contribution < -0.4 is 25.8 Å². The molecule has 204 valence electrons. The van der Waals surface area contributed by atoms with E-state index in [9.17, 15) is 14.4 Å². The van der Waals surface area contributed by atoms with Crippen LogP contribution in [0.1, 0.15) is 60.0 Å². The molecule has 1 saturated carbocycles. The van der Waals surface area contributed by atoms with E-state index < -0.39 is 12.0 Å². The number of aromatic carboxylic acids is 1. The van der Waals surface area contributed by atoms with Crippen LogP contribution in [0.3, 0.4) is 0 Å². The van der Waals surface area contributed by atoms with Crippen molar-refractivity contribution in [2.45, 2.75) is 57.5 Å². The molecule has 0 bridgehead atoms. The molecule has 0 radical (unpaired) electrons. The first-order valence-corrected chi connectivity index (χ1v) is 12.7. The molecule has 0 saturated heterocycles. The summed E-state index contributed by atoms with van der Waals surface area (Å²) in [4.78, 5) is 41.2. The summed E-state index contributed by atoms with van der Waals surface area (Å²) in [7, 11) is 3.06. The number of nitrogens with two attached hydrogens (primary N) is 1. The van der Waals surface area contributed by atoms with Crippen LogP contribution in [0, 0.1) is 5.92 Å². The molecule has 1 fully saturated rings. The zero-order valence-electron chi connectivity index (χ0n) is 21.9. The molecule has 10 nitrogen and oxygen atoms in total.